The lowest BCUT2D eigenvalue weighted by atomic mass is 9.78. The van der Waals surface area contributed by atoms with Crippen molar-refractivity contribution in [3.8, 4) is 0 Å². The quantitative estimate of drug-likeness (QED) is 0.599. The average Bonchev–Trinajstić information content (AvgIpc) is 3.07. The zero-order valence-electron chi connectivity index (χ0n) is 15.6. The molecule has 3 N–H and O–H groups in total. The smallest absolute Gasteiger partial charge is 0.315 e. The lowest BCUT2D eigenvalue weighted by Gasteiger charge is -2.29. The van der Waals surface area contributed by atoms with E-state index in [0.717, 1.165) is 22.0 Å². The van der Waals surface area contributed by atoms with E-state index >= 15 is 0 Å². The Bertz CT molecular complexity index is 962. The fraction of sp³-hybridized carbons (Fsp3) is 0.273. The molecule has 0 aliphatic carbocycles. The van der Waals surface area contributed by atoms with E-state index in [1.165, 1.54) is 0 Å². The van der Waals surface area contributed by atoms with E-state index in [1.807, 2.05) is 56.4 Å². The Morgan fingerprint density at radius 3 is 2.52 bits per heavy atom. The highest BCUT2D eigenvalue weighted by Gasteiger charge is 2.38. The summed E-state index contributed by atoms with van der Waals surface area (Å²) in [5, 5.41) is 13.8. The fourth-order valence-electron chi connectivity index (χ4n) is 3.61. The summed E-state index contributed by atoms with van der Waals surface area (Å²) in [4.78, 5) is 27.8. The van der Waals surface area contributed by atoms with Crippen LogP contribution in [-0.4, -0.2) is 28.5 Å². The molecular formula is C22H24N2O3. The van der Waals surface area contributed by atoms with E-state index in [9.17, 15) is 14.7 Å². The minimum absolute atomic E-state index is 0.0585. The molecule has 27 heavy (non-hydrogen) atoms. The van der Waals surface area contributed by atoms with Crippen LogP contribution in [0.2, 0.25) is 0 Å². The summed E-state index contributed by atoms with van der Waals surface area (Å²) in [5.41, 5.74) is 2.58. The van der Waals surface area contributed by atoms with Crippen LogP contribution < -0.4 is 5.32 Å². The summed E-state index contributed by atoms with van der Waals surface area (Å²) in [6.07, 6.45) is 2.44. The molecular weight excluding hydrogens is 340 g/mol. The van der Waals surface area contributed by atoms with Gasteiger partial charge in [-0.2, -0.15) is 0 Å². The fourth-order valence-corrected chi connectivity index (χ4v) is 3.61. The number of fused-ring (bicyclic) bond motifs is 1. The van der Waals surface area contributed by atoms with E-state index in [4.69, 9.17) is 0 Å². The van der Waals surface area contributed by atoms with Gasteiger partial charge in [0.1, 0.15) is 5.41 Å². The molecule has 5 nitrogen and oxygen atoms in total. The van der Waals surface area contributed by atoms with Gasteiger partial charge in [0.05, 0.1) is 6.42 Å². The molecule has 1 unspecified atom stereocenters. The van der Waals surface area contributed by atoms with Gasteiger partial charge in [-0.05, 0) is 36.1 Å². The maximum Gasteiger partial charge on any atom is 0.315 e. The SMILES string of the molecule is CCC(CNC(=O)Cc1c[nH]c2cccc(C)c12)(C(=O)O)c1ccccc1. The van der Waals surface area contributed by atoms with Crippen LogP contribution in [0.1, 0.15) is 30.0 Å². The molecule has 0 aliphatic heterocycles. The maximum atomic E-state index is 12.6. The molecule has 0 aliphatic rings. The predicted molar refractivity (Wildman–Crippen MR) is 106 cm³/mol. The first kappa shape index (κ1) is 18.7. The lowest BCUT2D eigenvalue weighted by molar-refractivity contribution is -0.144. The Morgan fingerprint density at radius 1 is 1.11 bits per heavy atom. The van der Waals surface area contributed by atoms with Crippen LogP contribution in [0.3, 0.4) is 0 Å². The van der Waals surface area contributed by atoms with Crippen molar-refractivity contribution in [2.75, 3.05) is 6.54 Å². The normalized spacial score (nSPS) is 13.3. The predicted octanol–water partition coefficient (Wildman–Crippen LogP) is 3.57. The minimum Gasteiger partial charge on any atom is -0.481 e. The number of carboxylic acid groups (broad SMARTS) is 1. The third kappa shape index (κ3) is 3.58. The van der Waals surface area contributed by atoms with Crippen LogP contribution in [-0.2, 0) is 21.4 Å². The number of hydrogen-bond acceptors (Lipinski definition) is 2. The van der Waals surface area contributed by atoms with E-state index < -0.39 is 11.4 Å². The number of aromatic amines is 1. The zero-order valence-corrected chi connectivity index (χ0v) is 15.6. The number of carbonyl (C=O) groups is 2. The minimum atomic E-state index is -1.13. The second kappa shape index (κ2) is 7.66. The lowest BCUT2D eigenvalue weighted by Crippen LogP contribution is -2.46. The summed E-state index contributed by atoms with van der Waals surface area (Å²) in [6, 6.07) is 15.0. The van der Waals surface area contributed by atoms with Gasteiger partial charge in [-0.15, -0.1) is 0 Å². The molecule has 0 saturated heterocycles. The summed E-state index contributed by atoms with van der Waals surface area (Å²) < 4.78 is 0. The van der Waals surface area contributed by atoms with E-state index in [1.54, 1.807) is 12.1 Å². The van der Waals surface area contributed by atoms with Crippen molar-refractivity contribution in [3.63, 3.8) is 0 Å². The molecule has 1 heterocycles. The number of H-pyrrole nitrogens is 1. The van der Waals surface area contributed by atoms with Crippen LogP contribution in [0, 0.1) is 6.92 Å². The van der Waals surface area contributed by atoms with Crippen LogP contribution in [0.15, 0.2) is 54.7 Å². The summed E-state index contributed by atoms with van der Waals surface area (Å²) in [7, 11) is 0. The molecule has 3 rings (SSSR count). The molecule has 0 saturated carbocycles. The Hall–Kier alpha value is -3.08. The number of rotatable bonds is 7. The average molecular weight is 364 g/mol. The second-order valence-electron chi connectivity index (χ2n) is 6.87. The van der Waals surface area contributed by atoms with Crippen LogP contribution in [0.25, 0.3) is 10.9 Å². The number of carboxylic acids is 1. The highest BCUT2D eigenvalue weighted by molar-refractivity contribution is 5.91. The van der Waals surface area contributed by atoms with Crippen molar-refractivity contribution in [1.82, 2.24) is 10.3 Å². The highest BCUT2D eigenvalue weighted by atomic mass is 16.4. The standard InChI is InChI=1S/C22H24N2O3/c1-3-22(21(26)27,17-9-5-4-6-10-17)14-24-19(25)12-16-13-23-18-11-7-8-15(2)20(16)18/h4-11,13,23H,3,12,14H2,1-2H3,(H,24,25)(H,26,27). The third-order valence-corrected chi connectivity index (χ3v) is 5.27. The van der Waals surface area contributed by atoms with Crippen molar-refractivity contribution in [2.45, 2.75) is 32.1 Å². The van der Waals surface area contributed by atoms with Crippen molar-refractivity contribution in [2.24, 2.45) is 0 Å². The third-order valence-electron chi connectivity index (χ3n) is 5.27. The van der Waals surface area contributed by atoms with Gasteiger partial charge in [0.2, 0.25) is 5.91 Å². The molecule has 0 radical (unpaired) electrons. The first-order chi connectivity index (χ1) is 13.0. The van der Waals surface area contributed by atoms with E-state index in [-0.39, 0.29) is 18.9 Å². The van der Waals surface area contributed by atoms with Gasteiger partial charge in [-0.1, -0.05) is 49.4 Å². The van der Waals surface area contributed by atoms with Gasteiger partial charge in [0.15, 0.2) is 0 Å². The number of nitrogens with one attached hydrogen (secondary N) is 2. The molecule has 3 aromatic rings. The molecule has 0 bridgehead atoms. The Morgan fingerprint density at radius 2 is 1.85 bits per heavy atom. The van der Waals surface area contributed by atoms with Gasteiger partial charge in [0.25, 0.3) is 0 Å². The van der Waals surface area contributed by atoms with Gasteiger partial charge in [-0.3, -0.25) is 9.59 Å². The van der Waals surface area contributed by atoms with Crippen LogP contribution in [0.5, 0.6) is 0 Å². The Labute approximate surface area is 158 Å². The van der Waals surface area contributed by atoms with Crippen molar-refractivity contribution in [3.05, 3.63) is 71.4 Å². The van der Waals surface area contributed by atoms with E-state index in [0.29, 0.717) is 12.0 Å². The van der Waals surface area contributed by atoms with Gasteiger partial charge in [-0.25, -0.2) is 0 Å². The summed E-state index contributed by atoms with van der Waals surface area (Å²) in [6.45, 7) is 3.90. The second-order valence-corrected chi connectivity index (χ2v) is 6.87. The van der Waals surface area contributed by atoms with Crippen molar-refractivity contribution >= 4 is 22.8 Å². The highest BCUT2D eigenvalue weighted by Crippen LogP contribution is 2.28. The molecule has 0 spiro atoms. The summed E-state index contributed by atoms with van der Waals surface area (Å²) >= 11 is 0. The van der Waals surface area contributed by atoms with Crippen molar-refractivity contribution < 1.29 is 14.7 Å². The monoisotopic (exact) mass is 364 g/mol. The number of aliphatic carboxylic acids is 1. The molecule has 1 aromatic heterocycles. The van der Waals surface area contributed by atoms with Crippen molar-refractivity contribution in [1.29, 1.82) is 0 Å². The van der Waals surface area contributed by atoms with Crippen LogP contribution in [0.4, 0.5) is 0 Å². The number of amides is 1. The number of benzene rings is 2. The maximum absolute atomic E-state index is 12.6. The Kier molecular flexibility index (Phi) is 5.31. The first-order valence-electron chi connectivity index (χ1n) is 9.09. The largest absolute Gasteiger partial charge is 0.481 e. The van der Waals surface area contributed by atoms with Gasteiger partial charge >= 0.3 is 5.97 Å². The van der Waals surface area contributed by atoms with E-state index in [2.05, 4.69) is 10.3 Å². The molecule has 140 valence electrons. The molecule has 5 heteroatoms. The molecule has 1 atom stereocenters. The molecule has 0 fully saturated rings. The number of carbonyl (C=O) groups excluding carboxylic acids is 1. The zero-order chi connectivity index (χ0) is 19.4. The first-order valence-corrected chi connectivity index (χ1v) is 9.09. The van der Waals surface area contributed by atoms with Crippen LogP contribution >= 0.6 is 0 Å². The number of aryl methyl sites for hydroxylation is 1. The van der Waals surface area contributed by atoms with Gasteiger partial charge < -0.3 is 15.4 Å². The Balaban J connectivity index is 1.77. The molecule has 1 amide bonds. The number of aromatic nitrogens is 1. The molecule has 2 aromatic carbocycles. The van der Waals surface area contributed by atoms with Gasteiger partial charge in [0, 0.05) is 23.6 Å². The number of hydrogen-bond donors (Lipinski definition) is 3. The summed E-state index contributed by atoms with van der Waals surface area (Å²) in [5.74, 6) is -1.12. The topological polar surface area (TPSA) is 82.2 Å².